The second-order valence-electron chi connectivity index (χ2n) is 12.8. The number of benzene rings is 4. The van der Waals surface area contributed by atoms with Crippen LogP contribution in [0.25, 0.3) is 44.5 Å². The number of alkyl halides is 6. The van der Waals surface area contributed by atoms with E-state index in [1.54, 1.807) is 0 Å². The van der Waals surface area contributed by atoms with Gasteiger partial charge in [-0.05, 0) is 95.8 Å². The van der Waals surface area contributed by atoms with Gasteiger partial charge in [0.25, 0.3) is 0 Å². The van der Waals surface area contributed by atoms with E-state index in [0.717, 1.165) is 24.5 Å². The number of hydrogen-bond donors (Lipinski definition) is 0. The maximum atomic E-state index is 15.6. The summed E-state index contributed by atoms with van der Waals surface area (Å²) in [6.45, 7) is 2.54. The summed E-state index contributed by atoms with van der Waals surface area (Å²) < 4.78 is 170. The van der Waals surface area contributed by atoms with E-state index in [4.69, 9.17) is 0 Å². The molecule has 0 aliphatic heterocycles. The summed E-state index contributed by atoms with van der Waals surface area (Å²) in [6, 6.07) is 12.1. The number of sulfone groups is 1. The Labute approximate surface area is 308 Å². The van der Waals surface area contributed by atoms with Crippen molar-refractivity contribution in [3.05, 3.63) is 154 Å². The molecule has 0 aliphatic carbocycles. The van der Waals surface area contributed by atoms with Gasteiger partial charge in [-0.1, -0.05) is 24.3 Å². The van der Waals surface area contributed by atoms with Crippen molar-refractivity contribution >= 4 is 9.84 Å². The van der Waals surface area contributed by atoms with Crippen molar-refractivity contribution in [1.29, 1.82) is 0 Å². The molecule has 0 N–H and O–H groups in total. The van der Waals surface area contributed by atoms with Gasteiger partial charge in [0.1, 0.15) is 23.3 Å². The first-order valence-electron chi connectivity index (χ1n) is 16.1. The predicted molar refractivity (Wildman–Crippen MR) is 186 cm³/mol. The summed E-state index contributed by atoms with van der Waals surface area (Å²) in [7, 11) is -4.52. The highest BCUT2D eigenvalue weighted by atomic mass is 32.2. The molecule has 6 rings (SSSR count). The van der Waals surface area contributed by atoms with Gasteiger partial charge >= 0.3 is 12.4 Å². The topological polar surface area (TPSA) is 59.9 Å². The molecular formula is C40H26F10N2O2S. The number of nitrogens with zero attached hydrogens (tertiary/aromatic N) is 2. The largest absolute Gasteiger partial charge is 0.416 e. The summed E-state index contributed by atoms with van der Waals surface area (Å²) in [5.41, 5.74) is -4.05. The Hall–Kier alpha value is -5.57. The highest BCUT2D eigenvalue weighted by molar-refractivity contribution is 7.89. The lowest BCUT2D eigenvalue weighted by Gasteiger charge is -2.16. The summed E-state index contributed by atoms with van der Waals surface area (Å²) in [4.78, 5) is 7.79. The van der Waals surface area contributed by atoms with Crippen LogP contribution in [-0.4, -0.2) is 18.4 Å². The van der Waals surface area contributed by atoms with Gasteiger partial charge < -0.3 is 0 Å². The Morgan fingerprint density at radius 2 is 0.873 bits per heavy atom. The van der Waals surface area contributed by atoms with Crippen molar-refractivity contribution in [3.8, 4) is 44.5 Å². The fourth-order valence-electron chi connectivity index (χ4n) is 6.25. The molecule has 4 aromatic carbocycles. The maximum absolute atomic E-state index is 15.6. The second-order valence-corrected chi connectivity index (χ2v) is 14.8. The minimum Gasteiger partial charge on any atom is -0.264 e. The molecule has 0 fully saturated rings. The van der Waals surface area contributed by atoms with Crippen LogP contribution in [0.5, 0.6) is 0 Å². The molecule has 55 heavy (non-hydrogen) atoms. The van der Waals surface area contributed by atoms with E-state index in [0.29, 0.717) is 24.3 Å². The zero-order valence-electron chi connectivity index (χ0n) is 28.6. The summed E-state index contributed by atoms with van der Waals surface area (Å²) in [6.07, 6.45) is -4.64. The highest BCUT2D eigenvalue weighted by Crippen LogP contribution is 2.41. The molecule has 0 amide bonds. The lowest BCUT2D eigenvalue weighted by Crippen LogP contribution is -2.11. The Kier molecular flexibility index (Phi) is 10.4. The van der Waals surface area contributed by atoms with Crippen LogP contribution in [0.3, 0.4) is 0 Å². The van der Waals surface area contributed by atoms with Crippen molar-refractivity contribution < 1.29 is 52.3 Å². The number of aryl methyl sites for hydroxylation is 2. The molecule has 2 aromatic heterocycles. The third kappa shape index (κ3) is 8.26. The first-order valence-corrected chi connectivity index (χ1v) is 18.0. The molecular weight excluding hydrogens is 762 g/mol. The van der Waals surface area contributed by atoms with Crippen LogP contribution in [0.1, 0.15) is 33.4 Å². The van der Waals surface area contributed by atoms with Gasteiger partial charge in [0.2, 0.25) is 0 Å². The van der Waals surface area contributed by atoms with E-state index in [1.807, 2.05) is 0 Å². The van der Waals surface area contributed by atoms with Gasteiger partial charge in [0, 0.05) is 58.2 Å². The summed E-state index contributed by atoms with van der Waals surface area (Å²) in [5.74, 6) is -6.96. The monoisotopic (exact) mass is 788 g/mol. The predicted octanol–water partition coefficient (Wildman–Crippen LogP) is 11.5. The first-order chi connectivity index (χ1) is 25.7. The standard InChI is InChI=1S/C40H26F10N2O2S/c1-21-3-5-23(11-33(21)39(45,46)47)27-7-9-51-17-31(27)29-15-35(41)25(13-37(29)43)19-55(53,54)20-26-14-38(44)30(16-36(26)42)32-18-52-10-8-28(32)24-6-4-22(2)34(12-24)40(48,49)50/h3-18H,19-20H2,1-2H3. The number of aromatic nitrogens is 2. The molecule has 0 atom stereocenters. The van der Waals surface area contributed by atoms with Crippen LogP contribution in [0.2, 0.25) is 0 Å². The Balaban J connectivity index is 1.28. The van der Waals surface area contributed by atoms with Crippen molar-refractivity contribution in [3.63, 3.8) is 0 Å². The molecule has 0 unspecified atom stereocenters. The Bertz CT molecular complexity index is 2400. The third-order valence-electron chi connectivity index (χ3n) is 8.95. The molecule has 2 heterocycles. The molecule has 0 aliphatic rings. The molecule has 4 nitrogen and oxygen atoms in total. The van der Waals surface area contributed by atoms with Crippen LogP contribution in [0.4, 0.5) is 43.9 Å². The fraction of sp³-hybridized carbons (Fsp3) is 0.150. The van der Waals surface area contributed by atoms with Crippen LogP contribution in [-0.2, 0) is 33.7 Å². The minimum atomic E-state index is -4.69. The lowest BCUT2D eigenvalue weighted by molar-refractivity contribution is -0.138. The smallest absolute Gasteiger partial charge is 0.264 e. The van der Waals surface area contributed by atoms with Crippen molar-refractivity contribution in [2.24, 2.45) is 0 Å². The maximum Gasteiger partial charge on any atom is 0.416 e. The van der Waals surface area contributed by atoms with Gasteiger partial charge in [-0.15, -0.1) is 0 Å². The summed E-state index contributed by atoms with van der Waals surface area (Å²) in [5, 5.41) is 0. The van der Waals surface area contributed by atoms with Gasteiger partial charge in [-0.3, -0.25) is 9.97 Å². The van der Waals surface area contributed by atoms with Gasteiger partial charge in [0.05, 0.1) is 22.6 Å². The molecule has 0 spiro atoms. The van der Waals surface area contributed by atoms with Crippen molar-refractivity contribution in [2.75, 3.05) is 0 Å². The number of hydrogen-bond acceptors (Lipinski definition) is 4. The van der Waals surface area contributed by atoms with E-state index < -0.39 is 90.3 Å². The normalized spacial score (nSPS) is 12.3. The van der Waals surface area contributed by atoms with E-state index in [9.17, 15) is 34.8 Å². The third-order valence-corrected chi connectivity index (χ3v) is 10.5. The second kappa shape index (κ2) is 14.6. The fourth-order valence-corrected chi connectivity index (χ4v) is 7.74. The molecule has 0 bridgehead atoms. The summed E-state index contributed by atoms with van der Waals surface area (Å²) >= 11 is 0. The quantitative estimate of drug-likeness (QED) is 0.144. The molecule has 0 saturated carbocycles. The van der Waals surface area contributed by atoms with E-state index in [-0.39, 0.29) is 44.5 Å². The molecule has 6 aromatic rings. The Morgan fingerprint density at radius 1 is 0.491 bits per heavy atom. The SMILES string of the molecule is Cc1ccc(-c2ccncc2-c2cc(F)c(CS(=O)(=O)Cc3cc(F)c(-c4cnccc4-c4ccc(C)c(C(F)(F)F)c4)cc3F)cc2F)cc1C(F)(F)F. The van der Waals surface area contributed by atoms with Crippen molar-refractivity contribution in [2.45, 2.75) is 37.7 Å². The average Bonchev–Trinajstić information content (AvgIpc) is 3.10. The van der Waals surface area contributed by atoms with Gasteiger partial charge in [-0.25, -0.2) is 26.0 Å². The van der Waals surface area contributed by atoms with E-state index in [2.05, 4.69) is 9.97 Å². The number of rotatable bonds is 8. The van der Waals surface area contributed by atoms with E-state index >= 15 is 17.6 Å². The van der Waals surface area contributed by atoms with Gasteiger partial charge in [-0.2, -0.15) is 26.3 Å². The molecule has 0 radical (unpaired) electrons. The van der Waals surface area contributed by atoms with Crippen LogP contribution >= 0.6 is 0 Å². The number of halogens is 10. The Morgan fingerprint density at radius 3 is 1.24 bits per heavy atom. The van der Waals surface area contributed by atoms with Gasteiger partial charge in [0.15, 0.2) is 9.84 Å². The highest BCUT2D eigenvalue weighted by Gasteiger charge is 2.34. The minimum absolute atomic E-state index is 0.0348. The van der Waals surface area contributed by atoms with Crippen molar-refractivity contribution in [1.82, 2.24) is 9.97 Å². The number of pyridine rings is 2. The van der Waals surface area contributed by atoms with Crippen LogP contribution < -0.4 is 0 Å². The van der Waals surface area contributed by atoms with Crippen LogP contribution in [0, 0.1) is 37.1 Å². The zero-order chi connectivity index (χ0) is 40.0. The van der Waals surface area contributed by atoms with Crippen LogP contribution in [0.15, 0.2) is 97.6 Å². The first kappa shape index (κ1) is 39.1. The average molecular weight is 789 g/mol. The zero-order valence-corrected chi connectivity index (χ0v) is 29.4. The van der Waals surface area contributed by atoms with E-state index in [1.165, 1.54) is 62.6 Å². The molecule has 15 heteroatoms. The lowest BCUT2D eigenvalue weighted by atomic mass is 9.93. The molecule has 0 saturated heterocycles. The molecule has 284 valence electrons.